The minimum atomic E-state index is -4.24. The van der Waals surface area contributed by atoms with Crippen molar-refractivity contribution in [3.8, 4) is 34.9 Å². The monoisotopic (exact) mass is 502 g/mol. The van der Waals surface area contributed by atoms with Gasteiger partial charge in [-0.15, -0.1) is 10.2 Å². The first-order valence-electron chi connectivity index (χ1n) is 8.73. The van der Waals surface area contributed by atoms with Crippen molar-refractivity contribution in [2.24, 2.45) is 5.14 Å². The highest BCUT2D eigenvalue weighted by atomic mass is 35.5. The third-order valence-corrected chi connectivity index (χ3v) is 5.61. The van der Waals surface area contributed by atoms with Crippen molar-refractivity contribution in [3.05, 3.63) is 29.7 Å². The summed E-state index contributed by atoms with van der Waals surface area (Å²) in [6.45, 7) is -3.22. The number of hydrogen-bond acceptors (Lipinski definition) is 10. The second-order valence-electron chi connectivity index (χ2n) is 6.22. The van der Waals surface area contributed by atoms with Crippen LogP contribution < -0.4 is 19.3 Å². The molecule has 0 aliphatic heterocycles. The molecule has 0 saturated carbocycles. The zero-order valence-electron chi connectivity index (χ0n) is 16.7. The van der Waals surface area contributed by atoms with E-state index < -0.39 is 34.1 Å². The van der Waals surface area contributed by atoms with Gasteiger partial charge in [0.25, 0.3) is 17.7 Å². The Balaban J connectivity index is 2.11. The molecular weight excluding hydrogens is 490 g/mol. The van der Waals surface area contributed by atoms with Crippen LogP contribution in [0.2, 0.25) is 5.02 Å². The second kappa shape index (κ2) is 8.42. The Kier molecular flexibility index (Phi) is 5.77. The molecule has 4 aromatic rings. The maximum atomic E-state index is 12.9. The zero-order chi connectivity index (χ0) is 23.9. The van der Waals surface area contributed by atoms with E-state index in [4.69, 9.17) is 30.6 Å². The first-order valence-corrected chi connectivity index (χ1v) is 10.7. The maximum Gasteiger partial charge on any atom is 0.387 e. The first-order chi connectivity index (χ1) is 15.7. The molecule has 2 N–H and O–H groups in total. The minimum Gasteiger partial charge on any atom is -0.478 e. The molecule has 3 heterocycles. The van der Waals surface area contributed by atoms with Gasteiger partial charge in [-0.05, 0) is 12.1 Å². The van der Waals surface area contributed by atoms with E-state index in [1.54, 1.807) is 0 Å². The van der Waals surface area contributed by atoms with Crippen molar-refractivity contribution < 1.29 is 35.8 Å². The molecule has 0 amide bonds. The molecule has 33 heavy (non-hydrogen) atoms. The number of fused-ring (bicyclic) bond motifs is 1. The van der Waals surface area contributed by atoms with Gasteiger partial charge in [-0.1, -0.05) is 11.6 Å². The average molecular weight is 503 g/mol. The lowest BCUT2D eigenvalue weighted by Crippen LogP contribution is -2.12. The lowest BCUT2D eigenvalue weighted by molar-refractivity contribution is -0.0534. The van der Waals surface area contributed by atoms with Crippen molar-refractivity contribution in [3.63, 3.8) is 0 Å². The molecule has 0 atom stereocenters. The number of halogens is 3. The average Bonchev–Trinajstić information content (AvgIpc) is 3.41. The van der Waals surface area contributed by atoms with Gasteiger partial charge in [-0.25, -0.2) is 13.6 Å². The molecule has 0 radical (unpaired) electrons. The summed E-state index contributed by atoms with van der Waals surface area (Å²) in [6.07, 6.45) is 2.18. The Morgan fingerprint density at radius 1 is 1.18 bits per heavy atom. The molecule has 0 bridgehead atoms. The third-order valence-electron chi connectivity index (χ3n) is 4.36. The fourth-order valence-electron chi connectivity index (χ4n) is 3.11. The summed E-state index contributed by atoms with van der Waals surface area (Å²) in [4.78, 5) is 7.83. The molecule has 4 rings (SSSR count). The molecule has 0 unspecified atom stereocenters. The fraction of sp³-hybridized carbons (Fsp3) is 0.176. The molecule has 0 saturated heterocycles. The van der Waals surface area contributed by atoms with Gasteiger partial charge in [0, 0.05) is 11.6 Å². The second-order valence-corrected chi connectivity index (χ2v) is 8.16. The van der Waals surface area contributed by atoms with Crippen molar-refractivity contribution in [2.75, 3.05) is 14.2 Å². The molecule has 0 fully saturated rings. The van der Waals surface area contributed by atoms with E-state index in [1.165, 1.54) is 16.7 Å². The molecule has 16 heteroatoms. The standard InChI is InChI=1S/C17H13ClF2N6O6S/c1-29-14-12(32-16(19)20)15(30-2)24-17(23-14)26-5-9(33(21,27)28)7-3-4-8(18)10(11(7)26)13-25-22-6-31-13/h3-6,16H,1-2H3,(H2,21,27,28). The lowest BCUT2D eigenvalue weighted by Gasteiger charge is -2.14. The zero-order valence-corrected chi connectivity index (χ0v) is 18.3. The number of methoxy groups -OCH3 is 2. The summed E-state index contributed by atoms with van der Waals surface area (Å²) < 4.78 is 71.2. The van der Waals surface area contributed by atoms with Crippen molar-refractivity contribution in [1.29, 1.82) is 0 Å². The largest absolute Gasteiger partial charge is 0.478 e. The van der Waals surface area contributed by atoms with E-state index in [9.17, 15) is 17.2 Å². The van der Waals surface area contributed by atoms with Gasteiger partial charge in [0.05, 0.1) is 30.3 Å². The Morgan fingerprint density at radius 2 is 1.85 bits per heavy atom. The molecular formula is C17H13ClF2N6O6S. The summed E-state index contributed by atoms with van der Waals surface area (Å²) in [5, 5.41) is 13.1. The van der Waals surface area contributed by atoms with E-state index in [1.807, 2.05) is 0 Å². The summed E-state index contributed by atoms with van der Waals surface area (Å²) in [5.74, 6) is -1.65. The van der Waals surface area contributed by atoms with E-state index >= 15 is 0 Å². The van der Waals surface area contributed by atoms with Gasteiger partial charge in [0.15, 0.2) is 0 Å². The first kappa shape index (κ1) is 22.6. The van der Waals surface area contributed by atoms with Crippen LogP contribution in [0.3, 0.4) is 0 Å². The van der Waals surface area contributed by atoms with Gasteiger partial charge < -0.3 is 18.6 Å². The molecule has 12 nitrogen and oxygen atoms in total. The van der Waals surface area contributed by atoms with Crippen LogP contribution in [-0.4, -0.2) is 54.0 Å². The molecule has 0 aliphatic rings. The van der Waals surface area contributed by atoms with Crippen LogP contribution in [-0.2, 0) is 10.0 Å². The van der Waals surface area contributed by atoms with E-state index in [2.05, 4.69) is 24.9 Å². The Bertz CT molecular complexity index is 1420. The predicted molar refractivity (Wildman–Crippen MR) is 108 cm³/mol. The topological polar surface area (TPSA) is 157 Å². The molecule has 0 aliphatic carbocycles. The summed E-state index contributed by atoms with van der Waals surface area (Å²) in [6, 6.07) is 2.83. The number of sulfonamides is 1. The highest BCUT2D eigenvalue weighted by Crippen LogP contribution is 2.41. The summed E-state index contributed by atoms with van der Waals surface area (Å²) in [5.41, 5.74) is 0.276. The SMILES string of the molecule is COc1nc(-n2cc(S(N)(=O)=O)c3ccc(Cl)c(-c4nnco4)c32)nc(OC)c1OC(F)F. The lowest BCUT2D eigenvalue weighted by atomic mass is 10.1. The number of aromatic nitrogens is 5. The van der Waals surface area contributed by atoms with Crippen LogP contribution in [0.25, 0.3) is 28.3 Å². The van der Waals surface area contributed by atoms with Crippen LogP contribution in [0.5, 0.6) is 17.5 Å². The fourth-order valence-corrected chi connectivity index (χ4v) is 4.07. The Hall–Kier alpha value is -3.56. The van der Waals surface area contributed by atoms with Crippen LogP contribution in [0.15, 0.2) is 34.0 Å². The summed E-state index contributed by atoms with van der Waals surface area (Å²) >= 11 is 6.36. The van der Waals surface area contributed by atoms with Crippen molar-refractivity contribution >= 4 is 32.5 Å². The van der Waals surface area contributed by atoms with Crippen LogP contribution in [0.4, 0.5) is 8.78 Å². The van der Waals surface area contributed by atoms with E-state index in [0.29, 0.717) is 0 Å². The van der Waals surface area contributed by atoms with E-state index in [0.717, 1.165) is 26.8 Å². The predicted octanol–water partition coefficient (Wildman–Crippen LogP) is 2.39. The number of benzene rings is 1. The van der Waals surface area contributed by atoms with Gasteiger partial charge in [-0.2, -0.15) is 18.7 Å². The van der Waals surface area contributed by atoms with Crippen LogP contribution in [0, 0.1) is 0 Å². The van der Waals surface area contributed by atoms with Crippen molar-refractivity contribution in [1.82, 2.24) is 24.7 Å². The van der Waals surface area contributed by atoms with Gasteiger partial charge in [0.2, 0.25) is 28.1 Å². The number of alkyl halides is 2. The smallest absolute Gasteiger partial charge is 0.387 e. The van der Waals surface area contributed by atoms with Crippen molar-refractivity contribution in [2.45, 2.75) is 11.5 Å². The van der Waals surface area contributed by atoms with E-state index in [-0.39, 0.29) is 38.2 Å². The van der Waals surface area contributed by atoms with Gasteiger partial charge >= 0.3 is 6.61 Å². The highest BCUT2D eigenvalue weighted by molar-refractivity contribution is 7.89. The number of hydrogen-bond donors (Lipinski definition) is 1. The number of primary sulfonamides is 1. The molecule has 174 valence electrons. The third kappa shape index (κ3) is 4.01. The van der Waals surface area contributed by atoms with Gasteiger partial charge in [-0.3, -0.25) is 4.57 Å². The number of ether oxygens (including phenoxy) is 3. The Morgan fingerprint density at radius 3 is 2.36 bits per heavy atom. The van der Waals surface area contributed by atoms with Crippen LogP contribution in [0.1, 0.15) is 0 Å². The van der Waals surface area contributed by atoms with Crippen LogP contribution >= 0.6 is 11.6 Å². The minimum absolute atomic E-state index is 0.0393. The maximum absolute atomic E-state index is 12.9. The molecule has 1 aromatic carbocycles. The highest BCUT2D eigenvalue weighted by Gasteiger charge is 2.28. The number of nitrogens with zero attached hydrogens (tertiary/aromatic N) is 5. The quantitative estimate of drug-likeness (QED) is 0.397. The normalized spacial score (nSPS) is 11.8. The molecule has 0 spiro atoms. The Labute approximate surface area is 188 Å². The van der Waals surface area contributed by atoms with Gasteiger partial charge in [0.1, 0.15) is 4.90 Å². The number of rotatable bonds is 7. The molecule has 3 aromatic heterocycles. The summed E-state index contributed by atoms with van der Waals surface area (Å²) in [7, 11) is -1.92. The number of nitrogens with two attached hydrogens (primary N) is 1.